The minimum absolute atomic E-state index is 0.0194. The molecule has 226 valence electrons. The number of methoxy groups -OCH3 is 1. The molecule has 12 heteroatoms. The minimum Gasteiger partial charge on any atom is -0.465 e. The van der Waals surface area contributed by atoms with Crippen molar-refractivity contribution in [2.45, 2.75) is 37.0 Å². The molecule has 0 aliphatic rings. The molecule has 0 heterocycles. The van der Waals surface area contributed by atoms with Gasteiger partial charge < -0.3 is 14.8 Å². The van der Waals surface area contributed by atoms with Gasteiger partial charge in [-0.1, -0.05) is 42.3 Å². The van der Waals surface area contributed by atoms with Crippen molar-refractivity contribution in [1.29, 1.82) is 0 Å². The standard InChI is InChI=1S/C31H33N3O7S2/c1-5-18-32-30-20-24(11-17-29(30)34-43(38,39)26-14-8-22(3)9-15-26)41-23-10-16-28(27(19-23)31(35)40-4)33-42(36,37)25-12-6-21(2)7-13-25/h6-17,19-20,32-34H,5,18H2,1-4H3. The number of hydrogen-bond acceptors (Lipinski definition) is 8. The van der Waals surface area contributed by atoms with E-state index < -0.39 is 26.0 Å². The van der Waals surface area contributed by atoms with Crippen LogP contribution in [0.4, 0.5) is 17.1 Å². The van der Waals surface area contributed by atoms with Crippen LogP contribution in [0, 0.1) is 13.8 Å². The summed E-state index contributed by atoms with van der Waals surface area (Å²) in [6.45, 7) is 6.27. The highest BCUT2D eigenvalue weighted by Crippen LogP contribution is 2.33. The van der Waals surface area contributed by atoms with E-state index >= 15 is 0 Å². The first-order valence-corrected chi connectivity index (χ1v) is 16.4. The highest BCUT2D eigenvalue weighted by Gasteiger charge is 2.21. The first-order valence-electron chi connectivity index (χ1n) is 13.4. The number of rotatable bonds is 12. The summed E-state index contributed by atoms with van der Waals surface area (Å²) < 4.78 is 67.9. The number of hydrogen-bond donors (Lipinski definition) is 3. The third-order valence-electron chi connectivity index (χ3n) is 6.34. The third-order valence-corrected chi connectivity index (χ3v) is 9.10. The van der Waals surface area contributed by atoms with Crippen molar-refractivity contribution in [3.8, 4) is 11.5 Å². The van der Waals surface area contributed by atoms with Crippen LogP contribution in [-0.2, 0) is 24.8 Å². The lowest BCUT2D eigenvalue weighted by molar-refractivity contribution is 0.0601. The number of anilines is 3. The predicted molar refractivity (Wildman–Crippen MR) is 167 cm³/mol. The topological polar surface area (TPSA) is 140 Å². The second-order valence-corrected chi connectivity index (χ2v) is 13.1. The van der Waals surface area contributed by atoms with Gasteiger partial charge in [0, 0.05) is 12.6 Å². The Labute approximate surface area is 252 Å². The van der Waals surface area contributed by atoms with Gasteiger partial charge in [0.05, 0.1) is 39.5 Å². The summed E-state index contributed by atoms with van der Waals surface area (Å²) in [5, 5.41) is 3.21. The van der Waals surface area contributed by atoms with Crippen molar-refractivity contribution in [2.75, 3.05) is 28.4 Å². The van der Waals surface area contributed by atoms with Crippen molar-refractivity contribution in [2.24, 2.45) is 0 Å². The maximum absolute atomic E-state index is 13.0. The number of benzene rings is 4. The Morgan fingerprint density at radius 1 is 0.674 bits per heavy atom. The zero-order chi connectivity index (χ0) is 31.2. The van der Waals surface area contributed by atoms with Crippen LogP contribution >= 0.6 is 0 Å². The van der Waals surface area contributed by atoms with Gasteiger partial charge in [-0.3, -0.25) is 9.44 Å². The van der Waals surface area contributed by atoms with Crippen LogP contribution in [0.5, 0.6) is 11.5 Å². The van der Waals surface area contributed by atoms with Crippen molar-refractivity contribution < 1.29 is 31.1 Å². The molecule has 0 saturated heterocycles. The first-order chi connectivity index (χ1) is 20.4. The Hall–Kier alpha value is -4.55. The van der Waals surface area contributed by atoms with Gasteiger partial charge in [-0.15, -0.1) is 0 Å². The van der Waals surface area contributed by atoms with Crippen LogP contribution < -0.4 is 19.5 Å². The fourth-order valence-electron chi connectivity index (χ4n) is 4.01. The van der Waals surface area contributed by atoms with Crippen LogP contribution in [0.25, 0.3) is 0 Å². The van der Waals surface area contributed by atoms with Crippen molar-refractivity contribution in [3.05, 3.63) is 102 Å². The zero-order valence-corrected chi connectivity index (χ0v) is 25.8. The van der Waals surface area contributed by atoms with E-state index in [1.54, 1.807) is 42.5 Å². The normalized spacial score (nSPS) is 11.4. The molecule has 0 atom stereocenters. The Balaban J connectivity index is 1.62. The summed E-state index contributed by atoms with van der Waals surface area (Å²) in [6.07, 6.45) is 0.789. The lowest BCUT2D eigenvalue weighted by Gasteiger charge is -2.17. The smallest absolute Gasteiger partial charge is 0.340 e. The van der Waals surface area contributed by atoms with Gasteiger partial charge in [-0.05, 0) is 74.9 Å². The molecule has 4 aromatic rings. The Kier molecular flexibility index (Phi) is 9.62. The highest BCUT2D eigenvalue weighted by molar-refractivity contribution is 7.93. The van der Waals surface area contributed by atoms with E-state index in [0.29, 0.717) is 23.7 Å². The predicted octanol–water partition coefficient (Wildman–Crippen LogP) is 6.31. The van der Waals surface area contributed by atoms with Crippen LogP contribution in [0.1, 0.15) is 34.8 Å². The maximum atomic E-state index is 13.0. The number of carbonyl (C=O) groups is 1. The van der Waals surface area contributed by atoms with E-state index in [-0.39, 0.29) is 26.8 Å². The molecule has 0 radical (unpaired) electrons. The first kappa shape index (κ1) is 31.4. The van der Waals surface area contributed by atoms with Gasteiger partial charge in [0.25, 0.3) is 20.0 Å². The molecule has 0 aliphatic carbocycles. The van der Waals surface area contributed by atoms with Gasteiger partial charge in [-0.25, -0.2) is 21.6 Å². The third kappa shape index (κ3) is 7.85. The molecule has 0 unspecified atom stereocenters. The number of sulfonamides is 2. The average molecular weight is 624 g/mol. The quantitative estimate of drug-likeness (QED) is 0.156. The van der Waals surface area contributed by atoms with Gasteiger partial charge >= 0.3 is 5.97 Å². The molecule has 0 fully saturated rings. The molecule has 10 nitrogen and oxygen atoms in total. The van der Waals surface area contributed by atoms with Crippen LogP contribution in [0.2, 0.25) is 0 Å². The van der Waals surface area contributed by atoms with Crippen molar-refractivity contribution in [1.82, 2.24) is 0 Å². The molecule has 0 aromatic heterocycles. The lowest BCUT2D eigenvalue weighted by atomic mass is 10.1. The van der Waals surface area contributed by atoms with Gasteiger partial charge in [-0.2, -0.15) is 0 Å². The Morgan fingerprint density at radius 2 is 1.16 bits per heavy atom. The van der Waals surface area contributed by atoms with E-state index in [2.05, 4.69) is 14.8 Å². The largest absolute Gasteiger partial charge is 0.465 e. The number of nitrogens with one attached hydrogen (secondary N) is 3. The van der Waals surface area contributed by atoms with Gasteiger partial charge in [0.2, 0.25) is 0 Å². The van der Waals surface area contributed by atoms with Crippen LogP contribution in [0.3, 0.4) is 0 Å². The van der Waals surface area contributed by atoms with E-state index in [9.17, 15) is 21.6 Å². The second kappa shape index (κ2) is 13.2. The van der Waals surface area contributed by atoms with Crippen molar-refractivity contribution in [3.63, 3.8) is 0 Å². The lowest BCUT2D eigenvalue weighted by Crippen LogP contribution is -2.16. The average Bonchev–Trinajstić information content (AvgIpc) is 2.97. The number of aryl methyl sites for hydroxylation is 2. The zero-order valence-electron chi connectivity index (χ0n) is 24.2. The molecule has 4 aromatic carbocycles. The van der Waals surface area contributed by atoms with E-state index in [0.717, 1.165) is 17.5 Å². The van der Waals surface area contributed by atoms with Crippen LogP contribution in [0.15, 0.2) is 94.7 Å². The number of esters is 1. The van der Waals surface area contributed by atoms with Crippen molar-refractivity contribution >= 4 is 43.1 Å². The Bertz CT molecular complexity index is 1820. The second-order valence-electron chi connectivity index (χ2n) is 9.77. The molecule has 0 saturated carbocycles. The minimum atomic E-state index is -3.99. The SMILES string of the molecule is CCCNc1cc(Oc2ccc(NS(=O)(=O)c3ccc(C)cc3)c(C(=O)OC)c2)ccc1NS(=O)(=O)c1ccc(C)cc1. The van der Waals surface area contributed by atoms with Gasteiger partial charge in [0.15, 0.2) is 0 Å². The number of carbonyl (C=O) groups excluding carboxylic acids is 1. The summed E-state index contributed by atoms with van der Waals surface area (Å²) in [7, 11) is -6.64. The summed E-state index contributed by atoms with van der Waals surface area (Å²) >= 11 is 0. The Morgan fingerprint density at radius 3 is 1.67 bits per heavy atom. The molecule has 3 N–H and O–H groups in total. The van der Waals surface area contributed by atoms with Crippen LogP contribution in [-0.4, -0.2) is 36.5 Å². The fourth-order valence-corrected chi connectivity index (χ4v) is 6.17. The molecule has 0 bridgehead atoms. The molecular formula is C31H33N3O7S2. The van der Waals surface area contributed by atoms with E-state index in [1.807, 2.05) is 20.8 Å². The molecule has 0 amide bonds. The molecule has 0 spiro atoms. The summed E-state index contributed by atoms with van der Waals surface area (Å²) in [5.41, 5.74) is 2.63. The summed E-state index contributed by atoms with van der Waals surface area (Å²) in [5.74, 6) is -0.188. The van der Waals surface area contributed by atoms with E-state index in [4.69, 9.17) is 9.47 Å². The maximum Gasteiger partial charge on any atom is 0.340 e. The molecule has 4 rings (SSSR count). The summed E-state index contributed by atoms with van der Waals surface area (Å²) in [6, 6.07) is 21.9. The molecule has 0 aliphatic heterocycles. The molecule has 43 heavy (non-hydrogen) atoms. The molecular weight excluding hydrogens is 590 g/mol. The summed E-state index contributed by atoms with van der Waals surface area (Å²) in [4.78, 5) is 12.8. The number of ether oxygens (including phenoxy) is 2. The highest BCUT2D eigenvalue weighted by atomic mass is 32.2. The van der Waals surface area contributed by atoms with Gasteiger partial charge in [0.1, 0.15) is 11.5 Å². The fraction of sp³-hybridized carbons (Fsp3) is 0.194. The monoisotopic (exact) mass is 623 g/mol. The van der Waals surface area contributed by atoms with E-state index in [1.165, 1.54) is 49.6 Å².